The first-order valence-corrected chi connectivity index (χ1v) is 8.16. The largest absolute Gasteiger partial charge is 0.207 e. The molecule has 0 amide bonds. The average Bonchev–Trinajstić information content (AvgIpc) is 2.73. The van der Waals surface area contributed by atoms with E-state index in [1.165, 1.54) is 27.7 Å². The molecule has 0 saturated heterocycles. The van der Waals surface area contributed by atoms with Crippen LogP contribution >= 0.6 is 11.8 Å². The number of benzene rings is 2. The van der Waals surface area contributed by atoms with Crippen LogP contribution < -0.4 is 0 Å². The Morgan fingerprint density at radius 1 is 0.905 bits per heavy atom. The van der Waals surface area contributed by atoms with Crippen LogP contribution in [0.5, 0.6) is 0 Å². The van der Waals surface area contributed by atoms with Crippen molar-refractivity contribution in [2.45, 2.75) is 18.7 Å². The van der Waals surface area contributed by atoms with Crippen LogP contribution in [0.4, 0.5) is 4.39 Å². The molecule has 2 aromatic carbocycles. The van der Waals surface area contributed by atoms with Crippen LogP contribution in [0.2, 0.25) is 0 Å². The molecule has 0 heterocycles. The molecular weight excluding hydrogens is 279 g/mol. The van der Waals surface area contributed by atoms with Crippen molar-refractivity contribution in [2.75, 3.05) is 6.26 Å². The lowest BCUT2D eigenvalue weighted by atomic mass is 10.0. The lowest BCUT2D eigenvalue weighted by molar-refractivity contribution is 0.627. The van der Waals surface area contributed by atoms with Crippen LogP contribution in [0.25, 0.3) is 17.2 Å². The second-order valence-electron chi connectivity index (χ2n) is 5.27. The molecule has 21 heavy (non-hydrogen) atoms. The number of halogens is 1. The number of fused-ring (bicyclic) bond motifs is 1. The van der Waals surface area contributed by atoms with Crippen molar-refractivity contribution < 1.29 is 4.39 Å². The smallest absolute Gasteiger partial charge is 0.123 e. The van der Waals surface area contributed by atoms with Crippen molar-refractivity contribution in [3.63, 3.8) is 0 Å². The van der Waals surface area contributed by atoms with Crippen molar-refractivity contribution in [1.82, 2.24) is 0 Å². The maximum absolute atomic E-state index is 13.5. The first-order chi connectivity index (χ1) is 10.1. The van der Waals surface area contributed by atoms with E-state index in [4.69, 9.17) is 0 Å². The molecule has 0 fully saturated rings. The standard InChI is InChI=1S/C19H17FS/c1-12-13(2)19-11-15(20)6-9-17(19)18(12)10-14-4-7-16(21-3)8-5-14/h4-11H,1-3H3/b18-10-. The van der Waals surface area contributed by atoms with Gasteiger partial charge >= 0.3 is 0 Å². The molecule has 3 rings (SSSR count). The minimum absolute atomic E-state index is 0.175. The molecule has 0 aliphatic heterocycles. The summed E-state index contributed by atoms with van der Waals surface area (Å²) in [5.41, 5.74) is 6.90. The van der Waals surface area contributed by atoms with Gasteiger partial charge in [-0.25, -0.2) is 4.39 Å². The summed E-state index contributed by atoms with van der Waals surface area (Å²) in [7, 11) is 0. The fraction of sp³-hybridized carbons (Fsp3) is 0.158. The normalized spacial score (nSPS) is 15.7. The van der Waals surface area contributed by atoms with Gasteiger partial charge in [0.2, 0.25) is 0 Å². The Kier molecular flexibility index (Phi) is 3.73. The number of hydrogen-bond donors (Lipinski definition) is 0. The Morgan fingerprint density at radius 3 is 2.29 bits per heavy atom. The molecule has 106 valence electrons. The minimum atomic E-state index is -0.175. The summed E-state index contributed by atoms with van der Waals surface area (Å²) in [6, 6.07) is 13.6. The van der Waals surface area contributed by atoms with Crippen molar-refractivity contribution in [1.29, 1.82) is 0 Å². The van der Waals surface area contributed by atoms with E-state index in [1.807, 2.05) is 6.07 Å². The van der Waals surface area contributed by atoms with E-state index >= 15 is 0 Å². The fourth-order valence-corrected chi connectivity index (χ4v) is 3.13. The molecule has 0 atom stereocenters. The Labute approximate surface area is 129 Å². The Balaban J connectivity index is 2.08. The first-order valence-electron chi connectivity index (χ1n) is 6.94. The van der Waals surface area contributed by atoms with Crippen LogP contribution in [0.15, 0.2) is 52.9 Å². The zero-order chi connectivity index (χ0) is 15.0. The molecule has 0 spiro atoms. The fourth-order valence-electron chi connectivity index (χ4n) is 2.72. The minimum Gasteiger partial charge on any atom is -0.207 e. The van der Waals surface area contributed by atoms with Gasteiger partial charge in [0.1, 0.15) is 5.82 Å². The predicted octanol–water partition coefficient (Wildman–Crippen LogP) is 5.90. The highest BCUT2D eigenvalue weighted by molar-refractivity contribution is 7.98. The molecule has 0 bridgehead atoms. The second-order valence-corrected chi connectivity index (χ2v) is 6.15. The molecule has 1 aliphatic rings. The summed E-state index contributed by atoms with van der Waals surface area (Å²) in [5.74, 6) is -0.175. The van der Waals surface area contributed by atoms with Crippen molar-refractivity contribution >= 4 is 29.0 Å². The van der Waals surface area contributed by atoms with Gasteiger partial charge in [0.15, 0.2) is 0 Å². The molecule has 0 aromatic heterocycles. The molecule has 2 heteroatoms. The molecule has 0 radical (unpaired) electrons. The highest BCUT2D eigenvalue weighted by Gasteiger charge is 2.21. The van der Waals surface area contributed by atoms with E-state index < -0.39 is 0 Å². The average molecular weight is 296 g/mol. The van der Waals surface area contributed by atoms with Gasteiger partial charge in [0, 0.05) is 4.90 Å². The zero-order valence-electron chi connectivity index (χ0n) is 12.4. The van der Waals surface area contributed by atoms with E-state index in [2.05, 4.69) is 50.4 Å². The second kappa shape index (κ2) is 5.53. The van der Waals surface area contributed by atoms with Gasteiger partial charge < -0.3 is 0 Å². The van der Waals surface area contributed by atoms with Crippen LogP contribution in [0.1, 0.15) is 30.5 Å². The third-order valence-electron chi connectivity index (χ3n) is 4.07. The van der Waals surface area contributed by atoms with E-state index in [1.54, 1.807) is 17.8 Å². The Hall–Kier alpha value is -1.80. The van der Waals surface area contributed by atoms with Gasteiger partial charge in [-0.1, -0.05) is 18.2 Å². The highest BCUT2D eigenvalue weighted by Crippen LogP contribution is 2.42. The van der Waals surface area contributed by atoms with Crippen LogP contribution in [0.3, 0.4) is 0 Å². The van der Waals surface area contributed by atoms with Gasteiger partial charge in [0.05, 0.1) is 0 Å². The summed E-state index contributed by atoms with van der Waals surface area (Å²) in [4.78, 5) is 1.26. The number of rotatable bonds is 2. The maximum Gasteiger partial charge on any atom is 0.123 e. The van der Waals surface area contributed by atoms with E-state index in [9.17, 15) is 4.39 Å². The van der Waals surface area contributed by atoms with Crippen molar-refractivity contribution in [3.8, 4) is 0 Å². The highest BCUT2D eigenvalue weighted by atomic mass is 32.2. The maximum atomic E-state index is 13.5. The molecule has 0 nitrogen and oxygen atoms in total. The molecule has 2 aromatic rings. The lowest BCUT2D eigenvalue weighted by Gasteiger charge is -2.05. The monoisotopic (exact) mass is 296 g/mol. The van der Waals surface area contributed by atoms with Crippen LogP contribution in [0, 0.1) is 5.82 Å². The summed E-state index contributed by atoms with van der Waals surface area (Å²) in [6.07, 6.45) is 4.26. The van der Waals surface area contributed by atoms with E-state index in [0.717, 1.165) is 16.7 Å². The van der Waals surface area contributed by atoms with Crippen molar-refractivity contribution in [2.24, 2.45) is 0 Å². The lowest BCUT2D eigenvalue weighted by Crippen LogP contribution is -1.85. The van der Waals surface area contributed by atoms with Crippen LogP contribution in [-0.2, 0) is 0 Å². The van der Waals surface area contributed by atoms with Gasteiger partial charge in [-0.2, -0.15) is 0 Å². The molecular formula is C19H17FS. The van der Waals surface area contributed by atoms with Crippen LogP contribution in [-0.4, -0.2) is 6.26 Å². The van der Waals surface area contributed by atoms with Gasteiger partial charge in [-0.15, -0.1) is 11.8 Å². The summed E-state index contributed by atoms with van der Waals surface area (Å²) in [5, 5.41) is 0. The SMILES string of the molecule is CSc1ccc(/C=C2/C(C)=C(C)c3cc(F)ccc32)cc1. The number of hydrogen-bond acceptors (Lipinski definition) is 1. The van der Waals surface area contributed by atoms with Gasteiger partial charge in [-0.3, -0.25) is 0 Å². The molecule has 0 saturated carbocycles. The predicted molar refractivity (Wildman–Crippen MR) is 90.8 cm³/mol. The Morgan fingerprint density at radius 2 is 1.62 bits per heavy atom. The quantitative estimate of drug-likeness (QED) is 0.622. The summed E-state index contributed by atoms with van der Waals surface area (Å²) < 4.78 is 13.5. The third-order valence-corrected chi connectivity index (χ3v) is 4.81. The topological polar surface area (TPSA) is 0 Å². The number of thioether (sulfide) groups is 1. The summed E-state index contributed by atoms with van der Waals surface area (Å²) in [6.45, 7) is 4.17. The van der Waals surface area contributed by atoms with E-state index in [-0.39, 0.29) is 5.82 Å². The van der Waals surface area contributed by atoms with Gasteiger partial charge in [-0.05, 0) is 83.9 Å². The molecule has 0 unspecified atom stereocenters. The third kappa shape index (κ3) is 2.56. The van der Waals surface area contributed by atoms with Gasteiger partial charge in [0.25, 0.3) is 0 Å². The summed E-state index contributed by atoms with van der Waals surface area (Å²) >= 11 is 1.74. The zero-order valence-corrected chi connectivity index (χ0v) is 13.2. The molecule has 1 aliphatic carbocycles. The van der Waals surface area contributed by atoms with Crippen molar-refractivity contribution in [3.05, 3.63) is 70.5 Å². The molecule has 0 N–H and O–H groups in total. The first kappa shape index (κ1) is 14.2. The number of allylic oxidation sites excluding steroid dienone is 3. The Bertz CT molecular complexity index is 752. The van der Waals surface area contributed by atoms with E-state index in [0.29, 0.717) is 0 Å².